The number of rotatable bonds is 5. The summed E-state index contributed by atoms with van der Waals surface area (Å²) in [5.41, 5.74) is 3.06. The molecule has 0 fully saturated rings. The van der Waals surface area contributed by atoms with Crippen molar-refractivity contribution in [2.75, 3.05) is 0 Å². The number of hydrogen-bond donors (Lipinski definition) is 1. The van der Waals surface area contributed by atoms with Crippen LogP contribution in [0.25, 0.3) is 0 Å². The van der Waals surface area contributed by atoms with Gasteiger partial charge >= 0.3 is 0 Å². The minimum atomic E-state index is 0.208. The lowest BCUT2D eigenvalue weighted by Gasteiger charge is -2.11. The zero-order valence-electron chi connectivity index (χ0n) is 12.3. The second-order valence-corrected chi connectivity index (χ2v) is 5.58. The van der Waals surface area contributed by atoms with E-state index in [0.717, 1.165) is 11.1 Å². The fraction of sp³-hybridized carbons (Fsp3) is 0.222. The average molecular weight is 303 g/mol. The van der Waals surface area contributed by atoms with Crippen molar-refractivity contribution >= 4 is 11.6 Å². The number of phenols is 1. The van der Waals surface area contributed by atoms with Crippen molar-refractivity contribution in [3.63, 3.8) is 0 Å². The third kappa shape index (κ3) is 4.54. The van der Waals surface area contributed by atoms with Gasteiger partial charge in [-0.3, -0.25) is 0 Å². The van der Waals surface area contributed by atoms with Crippen LogP contribution in [0.3, 0.4) is 0 Å². The molecule has 21 heavy (non-hydrogen) atoms. The quantitative estimate of drug-likeness (QED) is 0.776. The number of phenolic OH excluding ortho intramolecular Hbond substituents is 1. The van der Waals surface area contributed by atoms with Crippen molar-refractivity contribution < 1.29 is 9.84 Å². The molecule has 0 saturated carbocycles. The summed E-state index contributed by atoms with van der Waals surface area (Å²) in [4.78, 5) is 0. The number of aromatic hydroxyl groups is 1. The number of allylic oxidation sites excluding steroid dienone is 2. The van der Waals surface area contributed by atoms with Gasteiger partial charge in [-0.25, -0.2) is 0 Å². The molecule has 0 aliphatic heterocycles. The summed E-state index contributed by atoms with van der Waals surface area (Å²) in [7, 11) is 0. The summed E-state index contributed by atoms with van der Waals surface area (Å²) in [6.45, 7) is 4.47. The molecule has 0 atom stereocenters. The summed E-state index contributed by atoms with van der Waals surface area (Å²) in [5.74, 6) is 0.707. The van der Waals surface area contributed by atoms with Crippen LogP contribution < -0.4 is 4.74 Å². The van der Waals surface area contributed by atoms with Crippen LogP contribution in [0, 0.1) is 0 Å². The fourth-order valence-corrected chi connectivity index (χ4v) is 2.15. The molecule has 0 bridgehead atoms. The Balaban J connectivity index is 2.11. The third-order valence-corrected chi connectivity index (χ3v) is 3.40. The van der Waals surface area contributed by atoms with Crippen molar-refractivity contribution in [3.05, 3.63) is 70.3 Å². The number of halogens is 1. The Morgan fingerprint density at radius 2 is 1.90 bits per heavy atom. The smallest absolute Gasteiger partial charge is 0.142 e. The first-order valence-corrected chi connectivity index (χ1v) is 7.25. The van der Waals surface area contributed by atoms with Gasteiger partial charge in [-0.1, -0.05) is 53.6 Å². The Bertz CT molecular complexity index is 629. The van der Waals surface area contributed by atoms with E-state index in [2.05, 4.69) is 6.08 Å². The van der Waals surface area contributed by atoms with Crippen LogP contribution >= 0.6 is 11.6 Å². The number of benzene rings is 2. The van der Waals surface area contributed by atoms with E-state index >= 15 is 0 Å². The first-order chi connectivity index (χ1) is 10.1. The Morgan fingerprint density at radius 1 is 1.19 bits per heavy atom. The topological polar surface area (TPSA) is 29.5 Å². The van der Waals surface area contributed by atoms with Crippen molar-refractivity contribution in [1.82, 2.24) is 0 Å². The van der Waals surface area contributed by atoms with Crippen LogP contribution in [0.2, 0.25) is 5.02 Å². The molecule has 3 heteroatoms. The maximum Gasteiger partial charge on any atom is 0.142 e. The molecule has 0 spiro atoms. The van der Waals surface area contributed by atoms with Crippen LogP contribution in [0.1, 0.15) is 25.0 Å². The molecule has 0 aliphatic carbocycles. The van der Waals surface area contributed by atoms with Crippen molar-refractivity contribution in [2.45, 2.75) is 26.9 Å². The van der Waals surface area contributed by atoms with Gasteiger partial charge in [0.25, 0.3) is 0 Å². The first-order valence-electron chi connectivity index (χ1n) is 6.87. The van der Waals surface area contributed by atoms with E-state index in [0.29, 0.717) is 23.8 Å². The molecule has 0 saturated heterocycles. The van der Waals surface area contributed by atoms with Gasteiger partial charge < -0.3 is 9.84 Å². The summed E-state index contributed by atoms with van der Waals surface area (Å²) in [6.07, 6.45) is 2.71. The van der Waals surface area contributed by atoms with E-state index in [1.165, 1.54) is 5.57 Å². The fourth-order valence-electron chi connectivity index (χ4n) is 1.91. The van der Waals surface area contributed by atoms with E-state index in [9.17, 15) is 5.11 Å². The Kier molecular flexibility index (Phi) is 5.29. The van der Waals surface area contributed by atoms with Crippen LogP contribution in [-0.4, -0.2) is 5.11 Å². The minimum Gasteiger partial charge on any atom is -0.508 e. The molecule has 2 nitrogen and oxygen atoms in total. The van der Waals surface area contributed by atoms with Gasteiger partial charge in [0, 0.05) is 6.07 Å². The van der Waals surface area contributed by atoms with Crippen molar-refractivity contribution in [1.29, 1.82) is 0 Å². The highest BCUT2D eigenvalue weighted by Crippen LogP contribution is 2.33. The first kappa shape index (κ1) is 15.5. The predicted octanol–water partition coefficient (Wildman–Crippen LogP) is 5.13. The van der Waals surface area contributed by atoms with Gasteiger partial charge in [-0.15, -0.1) is 0 Å². The zero-order chi connectivity index (χ0) is 15.2. The molecule has 0 aromatic heterocycles. The molecule has 1 N–H and O–H groups in total. The maximum absolute atomic E-state index is 10.1. The second-order valence-electron chi connectivity index (χ2n) is 5.17. The number of hydrogen-bond acceptors (Lipinski definition) is 2. The lowest BCUT2D eigenvalue weighted by Crippen LogP contribution is -1.96. The second kappa shape index (κ2) is 7.19. The molecule has 2 aromatic carbocycles. The van der Waals surface area contributed by atoms with E-state index < -0.39 is 0 Å². The SMILES string of the molecule is CC(C)=CCc1cc(Cl)c(OCc2ccccc2)cc1O. The van der Waals surface area contributed by atoms with Crippen LogP contribution in [0.5, 0.6) is 11.5 Å². The minimum absolute atomic E-state index is 0.208. The van der Waals surface area contributed by atoms with Crippen molar-refractivity contribution in [3.8, 4) is 11.5 Å². The van der Waals surface area contributed by atoms with Gasteiger partial charge in [0.05, 0.1) is 5.02 Å². The zero-order valence-corrected chi connectivity index (χ0v) is 13.0. The van der Waals surface area contributed by atoms with E-state index in [4.69, 9.17) is 16.3 Å². The molecule has 0 aliphatic rings. The molecule has 2 rings (SSSR count). The van der Waals surface area contributed by atoms with Gasteiger partial charge in [-0.05, 0) is 37.5 Å². The number of ether oxygens (including phenoxy) is 1. The summed E-state index contributed by atoms with van der Waals surface area (Å²) in [5, 5.41) is 10.6. The third-order valence-electron chi connectivity index (χ3n) is 3.10. The van der Waals surface area contributed by atoms with Crippen LogP contribution in [0.15, 0.2) is 54.1 Å². The Hall–Kier alpha value is -1.93. The molecule has 0 heterocycles. The monoisotopic (exact) mass is 302 g/mol. The molecule has 110 valence electrons. The highest BCUT2D eigenvalue weighted by molar-refractivity contribution is 6.32. The van der Waals surface area contributed by atoms with Crippen LogP contribution in [0.4, 0.5) is 0 Å². The summed E-state index contributed by atoms with van der Waals surface area (Å²) < 4.78 is 5.68. The van der Waals surface area contributed by atoms with Crippen molar-refractivity contribution in [2.24, 2.45) is 0 Å². The standard InChI is InChI=1S/C18H19ClO2/c1-13(2)8-9-15-10-16(19)18(11-17(15)20)21-12-14-6-4-3-5-7-14/h3-8,10-11,20H,9,12H2,1-2H3. The highest BCUT2D eigenvalue weighted by atomic mass is 35.5. The molecular weight excluding hydrogens is 284 g/mol. The van der Waals surface area contributed by atoms with Gasteiger partial charge in [0.2, 0.25) is 0 Å². The molecule has 2 aromatic rings. The van der Waals surface area contributed by atoms with E-state index in [-0.39, 0.29) is 5.75 Å². The Morgan fingerprint density at radius 3 is 2.57 bits per heavy atom. The molecular formula is C18H19ClO2. The van der Waals surface area contributed by atoms with E-state index in [1.807, 2.05) is 44.2 Å². The molecule has 0 amide bonds. The normalized spacial score (nSPS) is 10.2. The van der Waals surface area contributed by atoms with Crippen LogP contribution in [-0.2, 0) is 13.0 Å². The lowest BCUT2D eigenvalue weighted by molar-refractivity contribution is 0.304. The summed E-state index contributed by atoms with van der Waals surface area (Å²) in [6, 6.07) is 13.2. The average Bonchev–Trinajstić information content (AvgIpc) is 2.47. The lowest BCUT2D eigenvalue weighted by atomic mass is 10.1. The predicted molar refractivity (Wildman–Crippen MR) is 87.0 cm³/mol. The van der Waals surface area contributed by atoms with Gasteiger partial charge in [-0.2, -0.15) is 0 Å². The Labute approximate surface area is 130 Å². The molecule has 0 unspecified atom stereocenters. The van der Waals surface area contributed by atoms with Gasteiger partial charge in [0.15, 0.2) is 0 Å². The highest BCUT2D eigenvalue weighted by Gasteiger charge is 2.08. The largest absolute Gasteiger partial charge is 0.508 e. The van der Waals surface area contributed by atoms with Gasteiger partial charge in [0.1, 0.15) is 18.1 Å². The molecule has 0 radical (unpaired) electrons. The maximum atomic E-state index is 10.1. The summed E-state index contributed by atoms with van der Waals surface area (Å²) >= 11 is 6.23. The van der Waals surface area contributed by atoms with E-state index in [1.54, 1.807) is 12.1 Å².